The molecule has 1 unspecified atom stereocenters. The summed E-state index contributed by atoms with van der Waals surface area (Å²) in [6.07, 6.45) is 2.18. The van der Waals surface area contributed by atoms with Crippen molar-refractivity contribution in [3.8, 4) is 0 Å². The number of hydrogen-bond donors (Lipinski definition) is 2. The summed E-state index contributed by atoms with van der Waals surface area (Å²) in [6, 6.07) is 9.81. The third-order valence-electron chi connectivity index (χ3n) is 5.28. The van der Waals surface area contributed by atoms with Crippen LogP contribution in [0.2, 0.25) is 0 Å². The first kappa shape index (κ1) is 21.7. The lowest BCUT2D eigenvalue weighted by molar-refractivity contribution is -0.135. The van der Waals surface area contributed by atoms with Gasteiger partial charge in [0.2, 0.25) is 11.8 Å². The van der Waals surface area contributed by atoms with E-state index in [9.17, 15) is 9.59 Å². The second-order valence-corrected chi connectivity index (χ2v) is 7.22. The topological polar surface area (TPSA) is 64.7 Å². The molecule has 2 fully saturated rings. The fourth-order valence-corrected chi connectivity index (χ4v) is 3.72. The molecule has 2 amide bonds. The van der Waals surface area contributed by atoms with Crippen molar-refractivity contribution in [1.29, 1.82) is 0 Å². The molecule has 0 bridgehead atoms. The molecular weight excluding hydrogens is 364 g/mol. The molecular formula is C20H31ClN4O2. The van der Waals surface area contributed by atoms with Gasteiger partial charge < -0.3 is 15.5 Å². The largest absolute Gasteiger partial charge is 0.355 e. The second kappa shape index (κ2) is 11.3. The standard InChI is InChI=1S/C20H30N4O2.ClH/c25-19(15-17-5-2-1-3-6-17)24-11-4-7-18(16-24)20(26)22-10-14-23-12-8-21-9-13-23;/h1-3,5-6,18,21H,4,7-16H2,(H,22,26);1H. The maximum absolute atomic E-state index is 12.5. The van der Waals surface area contributed by atoms with E-state index >= 15 is 0 Å². The van der Waals surface area contributed by atoms with Crippen molar-refractivity contribution in [3.05, 3.63) is 35.9 Å². The van der Waals surface area contributed by atoms with Gasteiger partial charge in [-0.3, -0.25) is 14.5 Å². The molecule has 6 nitrogen and oxygen atoms in total. The Bertz CT molecular complexity index is 593. The Morgan fingerprint density at radius 3 is 2.59 bits per heavy atom. The summed E-state index contributed by atoms with van der Waals surface area (Å²) >= 11 is 0. The van der Waals surface area contributed by atoms with Gasteiger partial charge >= 0.3 is 0 Å². The van der Waals surface area contributed by atoms with Crippen LogP contribution in [0.3, 0.4) is 0 Å². The number of halogens is 1. The van der Waals surface area contributed by atoms with Crippen molar-refractivity contribution in [2.24, 2.45) is 5.92 Å². The van der Waals surface area contributed by atoms with Crippen LogP contribution >= 0.6 is 12.4 Å². The average molecular weight is 395 g/mol. The lowest BCUT2D eigenvalue weighted by Crippen LogP contribution is -2.48. The van der Waals surface area contributed by atoms with Crippen LogP contribution in [0.25, 0.3) is 0 Å². The Kier molecular flexibility index (Phi) is 9.04. The quantitative estimate of drug-likeness (QED) is 0.752. The van der Waals surface area contributed by atoms with Crippen molar-refractivity contribution in [3.63, 3.8) is 0 Å². The first-order valence-corrected chi connectivity index (χ1v) is 9.75. The van der Waals surface area contributed by atoms with Crippen molar-refractivity contribution in [2.45, 2.75) is 19.3 Å². The predicted molar refractivity (Wildman–Crippen MR) is 109 cm³/mol. The van der Waals surface area contributed by atoms with Crippen molar-refractivity contribution in [1.82, 2.24) is 20.4 Å². The normalized spacial score (nSPS) is 20.6. The van der Waals surface area contributed by atoms with Gasteiger partial charge in [0.15, 0.2) is 0 Å². The van der Waals surface area contributed by atoms with E-state index in [0.29, 0.717) is 19.5 Å². The van der Waals surface area contributed by atoms with Crippen LogP contribution in [0.15, 0.2) is 30.3 Å². The van der Waals surface area contributed by atoms with Crippen LogP contribution < -0.4 is 10.6 Å². The number of rotatable bonds is 6. The summed E-state index contributed by atoms with van der Waals surface area (Å²) in [5, 5.41) is 6.40. The van der Waals surface area contributed by atoms with Crippen LogP contribution in [0.1, 0.15) is 18.4 Å². The molecule has 0 aliphatic carbocycles. The zero-order chi connectivity index (χ0) is 18.2. The molecule has 2 saturated heterocycles. The Hall–Kier alpha value is -1.63. The zero-order valence-electron chi connectivity index (χ0n) is 15.9. The van der Waals surface area contributed by atoms with Gasteiger partial charge in [0, 0.05) is 52.4 Å². The SMILES string of the molecule is Cl.O=C(NCCN1CCNCC1)C1CCCN(C(=O)Cc2ccccc2)C1. The van der Waals surface area contributed by atoms with E-state index in [1.165, 1.54) is 0 Å². The Morgan fingerprint density at radius 2 is 1.85 bits per heavy atom. The average Bonchev–Trinajstić information content (AvgIpc) is 2.69. The van der Waals surface area contributed by atoms with E-state index in [2.05, 4.69) is 15.5 Å². The molecule has 7 heteroatoms. The molecule has 27 heavy (non-hydrogen) atoms. The first-order chi connectivity index (χ1) is 12.7. The number of piperidine rings is 1. The minimum absolute atomic E-state index is 0. The van der Waals surface area contributed by atoms with Crippen molar-refractivity contribution >= 4 is 24.2 Å². The summed E-state index contributed by atoms with van der Waals surface area (Å²) in [5.74, 6) is 0.137. The third-order valence-corrected chi connectivity index (χ3v) is 5.28. The van der Waals surface area contributed by atoms with Gasteiger partial charge in [0.1, 0.15) is 0 Å². The van der Waals surface area contributed by atoms with E-state index < -0.39 is 0 Å². The van der Waals surface area contributed by atoms with Crippen LogP contribution in [0.5, 0.6) is 0 Å². The number of carbonyl (C=O) groups excluding carboxylic acids is 2. The molecule has 1 aromatic rings. The molecule has 2 N–H and O–H groups in total. The molecule has 0 saturated carbocycles. The lowest BCUT2D eigenvalue weighted by Gasteiger charge is -2.32. The molecule has 1 aromatic carbocycles. The highest BCUT2D eigenvalue weighted by Crippen LogP contribution is 2.18. The van der Waals surface area contributed by atoms with Gasteiger partial charge in [-0.05, 0) is 18.4 Å². The molecule has 0 aromatic heterocycles. The molecule has 0 radical (unpaired) electrons. The minimum Gasteiger partial charge on any atom is -0.355 e. The molecule has 2 heterocycles. The highest BCUT2D eigenvalue weighted by molar-refractivity contribution is 5.85. The molecule has 3 rings (SSSR count). The van der Waals surface area contributed by atoms with Crippen molar-refractivity contribution in [2.75, 3.05) is 52.4 Å². The van der Waals surface area contributed by atoms with Crippen molar-refractivity contribution < 1.29 is 9.59 Å². The monoisotopic (exact) mass is 394 g/mol. The molecule has 2 aliphatic rings. The van der Waals surface area contributed by atoms with E-state index in [0.717, 1.165) is 57.7 Å². The van der Waals surface area contributed by atoms with E-state index in [4.69, 9.17) is 0 Å². The number of likely N-dealkylation sites (tertiary alicyclic amines) is 1. The van der Waals surface area contributed by atoms with E-state index in [-0.39, 0.29) is 30.1 Å². The Labute approximate surface area is 168 Å². The first-order valence-electron chi connectivity index (χ1n) is 9.75. The van der Waals surface area contributed by atoms with Gasteiger partial charge in [-0.1, -0.05) is 30.3 Å². The van der Waals surface area contributed by atoms with E-state index in [1.807, 2.05) is 35.2 Å². The summed E-state index contributed by atoms with van der Waals surface area (Å²) in [4.78, 5) is 29.3. The number of nitrogens with one attached hydrogen (secondary N) is 2. The lowest BCUT2D eigenvalue weighted by atomic mass is 9.96. The Balaban J connectivity index is 0.00000261. The smallest absolute Gasteiger partial charge is 0.227 e. The van der Waals surface area contributed by atoms with Crippen LogP contribution in [-0.2, 0) is 16.0 Å². The van der Waals surface area contributed by atoms with Gasteiger partial charge in [0.05, 0.1) is 12.3 Å². The number of carbonyl (C=O) groups is 2. The van der Waals surface area contributed by atoms with Gasteiger partial charge in [-0.2, -0.15) is 0 Å². The summed E-state index contributed by atoms with van der Waals surface area (Å²) in [7, 11) is 0. The molecule has 1 atom stereocenters. The maximum atomic E-state index is 12.5. The van der Waals surface area contributed by atoms with Crippen LogP contribution in [-0.4, -0.2) is 74.0 Å². The zero-order valence-corrected chi connectivity index (χ0v) is 16.7. The maximum Gasteiger partial charge on any atom is 0.227 e. The highest BCUT2D eigenvalue weighted by atomic mass is 35.5. The number of nitrogens with zero attached hydrogens (tertiary/aromatic N) is 2. The van der Waals surface area contributed by atoms with Gasteiger partial charge in [-0.25, -0.2) is 0 Å². The second-order valence-electron chi connectivity index (χ2n) is 7.22. The van der Waals surface area contributed by atoms with Gasteiger partial charge in [0.25, 0.3) is 0 Å². The van der Waals surface area contributed by atoms with Crippen LogP contribution in [0, 0.1) is 5.92 Å². The van der Waals surface area contributed by atoms with Crippen LogP contribution in [0.4, 0.5) is 0 Å². The molecule has 2 aliphatic heterocycles. The summed E-state index contributed by atoms with van der Waals surface area (Å²) < 4.78 is 0. The molecule has 0 spiro atoms. The summed E-state index contributed by atoms with van der Waals surface area (Å²) in [6.45, 7) is 7.03. The fourth-order valence-electron chi connectivity index (χ4n) is 3.72. The highest BCUT2D eigenvalue weighted by Gasteiger charge is 2.28. The minimum atomic E-state index is -0.0773. The van der Waals surface area contributed by atoms with E-state index in [1.54, 1.807) is 0 Å². The Morgan fingerprint density at radius 1 is 1.11 bits per heavy atom. The summed E-state index contributed by atoms with van der Waals surface area (Å²) in [5.41, 5.74) is 1.03. The molecule has 150 valence electrons. The third kappa shape index (κ3) is 6.79. The number of benzene rings is 1. The predicted octanol–water partition coefficient (Wildman–Crippen LogP) is 0.911. The fraction of sp³-hybridized carbons (Fsp3) is 0.600. The number of piperazine rings is 1. The number of amides is 2. The number of hydrogen-bond acceptors (Lipinski definition) is 4. The van der Waals surface area contributed by atoms with Gasteiger partial charge in [-0.15, -0.1) is 12.4 Å².